The van der Waals surface area contributed by atoms with Crippen molar-refractivity contribution in [2.45, 2.75) is 44.3 Å². The Morgan fingerprint density at radius 2 is 1.43 bits per heavy atom. The van der Waals surface area contributed by atoms with E-state index in [1.165, 1.54) is 0 Å². The van der Waals surface area contributed by atoms with E-state index < -0.39 is 17.7 Å². The first-order chi connectivity index (χ1) is 11.1. The summed E-state index contributed by atoms with van der Waals surface area (Å²) >= 11 is 0. The summed E-state index contributed by atoms with van der Waals surface area (Å²) in [5.74, 6) is -1.58. The number of rotatable bonds is 2. The van der Waals surface area contributed by atoms with E-state index in [-0.39, 0.29) is 23.7 Å². The number of carbonyl (C=O) groups is 2. The van der Waals surface area contributed by atoms with Crippen molar-refractivity contribution in [1.82, 2.24) is 4.90 Å². The molecular weight excluding hydrogens is 298 g/mol. The van der Waals surface area contributed by atoms with Gasteiger partial charge in [0, 0.05) is 25.9 Å². The molecule has 1 amide bonds. The Kier molecular flexibility index (Phi) is 3.84. The maximum Gasteiger partial charge on any atom is 0.307 e. The predicted molar refractivity (Wildman–Crippen MR) is 80.5 cm³/mol. The van der Waals surface area contributed by atoms with Gasteiger partial charge in [-0.2, -0.15) is 0 Å². The van der Waals surface area contributed by atoms with Gasteiger partial charge >= 0.3 is 5.97 Å². The molecule has 5 aliphatic rings. The number of aliphatic carboxylic acids is 1. The standard InChI is InChI=1S/C17H25NO5/c19-15(18-7-5-17(6-8-18)22-9-10-23-17)13-11-1-3-12(4-2-11)14(13)16(20)21/h11-14H,1-10H2,(H,20,21)/t11?,12?,13-,14+/m0/s1. The van der Waals surface area contributed by atoms with Crippen molar-refractivity contribution in [2.75, 3.05) is 26.3 Å². The number of ether oxygens (including phenoxy) is 2. The Labute approximate surface area is 136 Å². The molecule has 0 unspecified atom stereocenters. The fourth-order valence-electron chi connectivity index (χ4n) is 5.22. The highest BCUT2D eigenvalue weighted by atomic mass is 16.7. The molecular formula is C17H25NO5. The van der Waals surface area contributed by atoms with Crippen molar-refractivity contribution in [3.63, 3.8) is 0 Å². The summed E-state index contributed by atoms with van der Waals surface area (Å²) in [6.45, 7) is 2.47. The first kappa shape index (κ1) is 15.4. The molecule has 23 heavy (non-hydrogen) atoms. The molecule has 2 saturated heterocycles. The first-order valence-corrected chi connectivity index (χ1v) is 8.89. The van der Waals surface area contributed by atoms with Crippen LogP contribution in [0.25, 0.3) is 0 Å². The molecule has 2 bridgehead atoms. The van der Waals surface area contributed by atoms with Crippen molar-refractivity contribution in [1.29, 1.82) is 0 Å². The van der Waals surface area contributed by atoms with Crippen LogP contribution in [0.4, 0.5) is 0 Å². The first-order valence-electron chi connectivity index (χ1n) is 8.89. The Bertz CT molecular complexity index is 483. The zero-order valence-electron chi connectivity index (χ0n) is 13.4. The molecule has 0 aromatic carbocycles. The Hall–Kier alpha value is -1.14. The van der Waals surface area contributed by atoms with Gasteiger partial charge in [0.05, 0.1) is 25.0 Å². The lowest BCUT2D eigenvalue weighted by atomic mass is 9.58. The molecule has 2 heterocycles. The molecule has 6 heteroatoms. The van der Waals surface area contributed by atoms with Crippen LogP contribution in [0, 0.1) is 23.7 Å². The van der Waals surface area contributed by atoms with Crippen molar-refractivity contribution in [3.8, 4) is 0 Å². The van der Waals surface area contributed by atoms with Crippen LogP contribution in [-0.4, -0.2) is 54.0 Å². The number of piperidine rings is 1. The SMILES string of the molecule is O=C(O)[C@@H]1C2CCC(CC2)[C@@H]1C(=O)N1CCC2(CC1)OCCO2. The van der Waals surface area contributed by atoms with E-state index in [0.717, 1.165) is 25.7 Å². The number of hydrogen-bond acceptors (Lipinski definition) is 4. The van der Waals surface area contributed by atoms with Crippen molar-refractivity contribution in [3.05, 3.63) is 0 Å². The summed E-state index contributed by atoms with van der Waals surface area (Å²) in [6, 6.07) is 0. The quantitative estimate of drug-likeness (QED) is 0.833. The highest BCUT2D eigenvalue weighted by Gasteiger charge is 2.52. The smallest absolute Gasteiger partial charge is 0.307 e. The highest BCUT2D eigenvalue weighted by molar-refractivity contribution is 5.85. The van der Waals surface area contributed by atoms with Crippen LogP contribution in [0.5, 0.6) is 0 Å². The lowest BCUT2D eigenvalue weighted by molar-refractivity contribution is -0.191. The summed E-state index contributed by atoms with van der Waals surface area (Å²) in [5, 5.41) is 9.63. The van der Waals surface area contributed by atoms with Crippen LogP contribution in [0.1, 0.15) is 38.5 Å². The van der Waals surface area contributed by atoms with Gasteiger partial charge in [0.2, 0.25) is 5.91 Å². The average Bonchev–Trinajstić information content (AvgIpc) is 3.03. The third-order valence-corrected chi connectivity index (χ3v) is 6.44. The number of carboxylic acids is 1. The maximum atomic E-state index is 13.0. The minimum atomic E-state index is -0.784. The van der Waals surface area contributed by atoms with Crippen LogP contribution < -0.4 is 0 Å². The van der Waals surface area contributed by atoms with Crippen LogP contribution in [0.2, 0.25) is 0 Å². The number of likely N-dealkylation sites (tertiary alicyclic amines) is 1. The van der Waals surface area contributed by atoms with E-state index >= 15 is 0 Å². The van der Waals surface area contributed by atoms with E-state index in [9.17, 15) is 14.7 Å². The number of hydrogen-bond donors (Lipinski definition) is 1. The van der Waals surface area contributed by atoms with E-state index in [0.29, 0.717) is 39.1 Å². The minimum Gasteiger partial charge on any atom is -0.481 e. The van der Waals surface area contributed by atoms with E-state index in [4.69, 9.17) is 9.47 Å². The minimum absolute atomic E-state index is 0.0552. The second kappa shape index (κ2) is 5.74. The molecule has 2 atom stereocenters. The van der Waals surface area contributed by atoms with Crippen molar-refractivity contribution < 1.29 is 24.2 Å². The lowest BCUT2D eigenvalue weighted by Crippen LogP contribution is -2.55. The van der Waals surface area contributed by atoms with Crippen LogP contribution >= 0.6 is 0 Å². The summed E-state index contributed by atoms with van der Waals surface area (Å²) in [7, 11) is 0. The Morgan fingerprint density at radius 1 is 0.913 bits per heavy atom. The van der Waals surface area contributed by atoms with Gasteiger partial charge in [0.25, 0.3) is 0 Å². The second-order valence-electron chi connectivity index (χ2n) is 7.50. The molecule has 128 valence electrons. The predicted octanol–water partition coefficient (Wildman–Crippen LogP) is 1.49. The summed E-state index contributed by atoms with van der Waals surface area (Å²) < 4.78 is 11.4. The number of carboxylic acid groups (broad SMARTS) is 1. The highest BCUT2D eigenvalue weighted by Crippen LogP contribution is 2.50. The van der Waals surface area contributed by atoms with Crippen LogP contribution in [-0.2, 0) is 19.1 Å². The number of fused-ring (bicyclic) bond motifs is 3. The van der Waals surface area contributed by atoms with Crippen LogP contribution in [0.3, 0.4) is 0 Å². The molecule has 3 saturated carbocycles. The normalized spacial score (nSPS) is 38.9. The monoisotopic (exact) mass is 323 g/mol. The summed E-state index contributed by atoms with van der Waals surface area (Å²) in [6.07, 6.45) is 5.34. The topological polar surface area (TPSA) is 76.1 Å². The van der Waals surface area contributed by atoms with Crippen molar-refractivity contribution in [2.24, 2.45) is 23.7 Å². The fourth-order valence-corrected chi connectivity index (χ4v) is 5.22. The lowest BCUT2D eigenvalue weighted by Gasteiger charge is -2.48. The van der Waals surface area contributed by atoms with Gasteiger partial charge in [-0.3, -0.25) is 9.59 Å². The third-order valence-electron chi connectivity index (χ3n) is 6.44. The average molecular weight is 323 g/mol. The third kappa shape index (κ3) is 2.56. The van der Waals surface area contributed by atoms with Gasteiger partial charge in [0.15, 0.2) is 5.79 Å². The van der Waals surface area contributed by atoms with Gasteiger partial charge in [-0.15, -0.1) is 0 Å². The zero-order valence-corrected chi connectivity index (χ0v) is 13.4. The molecule has 1 N–H and O–H groups in total. The van der Waals surface area contributed by atoms with E-state index in [2.05, 4.69) is 0 Å². The second-order valence-corrected chi connectivity index (χ2v) is 7.50. The van der Waals surface area contributed by atoms with Gasteiger partial charge < -0.3 is 19.5 Å². The number of carbonyl (C=O) groups excluding carboxylic acids is 1. The van der Waals surface area contributed by atoms with E-state index in [1.807, 2.05) is 4.90 Å². The zero-order chi connectivity index (χ0) is 16.0. The van der Waals surface area contributed by atoms with Gasteiger partial charge in [-0.05, 0) is 37.5 Å². The number of amides is 1. The molecule has 1 spiro atoms. The maximum absolute atomic E-state index is 13.0. The van der Waals surface area contributed by atoms with Gasteiger partial charge in [-0.1, -0.05) is 0 Å². The van der Waals surface area contributed by atoms with Crippen LogP contribution in [0.15, 0.2) is 0 Å². The van der Waals surface area contributed by atoms with Gasteiger partial charge in [-0.25, -0.2) is 0 Å². The molecule has 2 aliphatic heterocycles. The van der Waals surface area contributed by atoms with E-state index in [1.54, 1.807) is 0 Å². The molecule has 3 aliphatic carbocycles. The number of nitrogens with zero attached hydrogens (tertiary/aromatic N) is 1. The summed E-state index contributed by atoms with van der Waals surface area (Å²) in [5.41, 5.74) is 0. The fraction of sp³-hybridized carbons (Fsp3) is 0.882. The largest absolute Gasteiger partial charge is 0.481 e. The molecule has 0 aromatic rings. The van der Waals surface area contributed by atoms with Crippen molar-refractivity contribution >= 4 is 11.9 Å². The Balaban J connectivity index is 1.47. The molecule has 5 fully saturated rings. The molecule has 5 rings (SSSR count). The Morgan fingerprint density at radius 3 is 1.96 bits per heavy atom. The molecule has 0 aromatic heterocycles. The summed E-state index contributed by atoms with van der Waals surface area (Å²) in [4.78, 5) is 26.6. The van der Waals surface area contributed by atoms with Gasteiger partial charge in [0.1, 0.15) is 0 Å². The molecule has 6 nitrogen and oxygen atoms in total. The molecule has 0 radical (unpaired) electrons.